The molecule has 2 aromatic rings. The normalized spacial score (nSPS) is 10.6. The van der Waals surface area contributed by atoms with Gasteiger partial charge in [-0.05, 0) is 12.1 Å². The van der Waals surface area contributed by atoms with Crippen LogP contribution in [-0.2, 0) is 19.5 Å². The van der Waals surface area contributed by atoms with Crippen LogP contribution in [0.2, 0.25) is 0 Å². The van der Waals surface area contributed by atoms with E-state index in [9.17, 15) is 0 Å². The molecule has 0 spiro atoms. The highest BCUT2D eigenvalue weighted by atomic mass is 16.4. The molecule has 5 nitrogen and oxygen atoms in total. The van der Waals surface area contributed by atoms with Crippen molar-refractivity contribution in [2.75, 3.05) is 0 Å². The van der Waals surface area contributed by atoms with Crippen LogP contribution >= 0.6 is 0 Å². The zero-order chi connectivity index (χ0) is 12.1. The molecule has 0 aliphatic rings. The van der Waals surface area contributed by atoms with Gasteiger partial charge in [-0.2, -0.15) is 0 Å². The second-order valence-electron chi connectivity index (χ2n) is 3.69. The summed E-state index contributed by atoms with van der Waals surface area (Å²) in [5.74, 6) is 1.75. The molecule has 0 fully saturated rings. The maximum absolute atomic E-state index is 9.08. The molecule has 0 saturated carbocycles. The molecule has 0 aliphatic carbocycles. The quantitative estimate of drug-likeness (QED) is 0.821. The molecule has 2 N–H and O–H groups in total. The van der Waals surface area contributed by atoms with Crippen molar-refractivity contribution in [2.45, 2.75) is 26.4 Å². The molecular weight excluding hydrogens is 218 g/mol. The number of oxazole rings is 1. The van der Waals surface area contributed by atoms with Gasteiger partial charge in [-0.1, -0.05) is 6.92 Å². The molecule has 0 bridgehead atoms. The summed E-state index contributed by atoms with van der Waals surface area (Å²) in [6, 6.07) is 3.39. The number of nitrogens with zero attached hydrogens (tertiary/aromatic N) is 2. The van der Waals surface area contributed by atoms with Gasteiger partial charge in [-0.15, -0.1) is 0 Å². The molecule has 2 rings (SSSR count). The van der Waals surface area contributed by atoms with Crippen molar-refractivity contribution in [1.29, 1.82) is 0 Å². The number of aromatic nitrogens is 2. The van der Waals surface area contributed by atoms with Gasteiger partial charge in [0.25, 0.3) is 0 Å². The summed E-state index contributed by atoms with van der Waals surface area (Å²) in [6.07, 6.45) is 4.03. The molecule has 5 heteroatoms. The minimum atomic E-state index is 0.175. The Kier molecular flexibility index (Phi) is 3.72. The second-order valence-corrected chi connectivity index (χ2v) is 3.69. The molecule has 90 valence electrons. The van der Waals surface area contributed by atoms with Crippen molar-refractivity contribution in [1.82, 2.24) is 15.3 Å². The molecule has 2 heterocycles. The highest BCUT2D eigenvalue weighted by molar-refractivity contribution is 5.17. The molecule has 0 aliphatic heterocycles. The van der Waals surface area contributed by atoms with Crippen molar-refractivity contribution < 1.29 is 9.52 Å². The van der Waals surface area contributed by atoms with Gasteiger partial charge in [0, 0.05) is 13.0 Å². The predicted octanol–water partition coefficient (Wildman–Crippen LogP) is 1.63. The lowest BCUT2D eigenvalue weighted by Crippen LogP contribution is -2.13. The van der Waals surface area contributed by atoms with Crippen LogP contribution in [0.15, 0.2) is 28.9 Å². The molecular formula is C12H15N3O2. The lowest BCUT2D eigenvalue weighted by molar-refractivity contribution is 0.437. The highest BCUT2D eigenvalue weighted by Gasteiger charge is 2.02. The molecule has 0 radical (unpaired) electrons. The van der Waals surface area contributed by atoms with Gasteiger partial charge in [0.05, 0.1) is 24.6 Å². The van der Waals surface area contributed by atoms with Crippen LogP contribution in [0.3, 0.4) is 0 Å². The first-order valence-corrected chi connectivity index (χ1v) is 5.56. The van der Waals surface area contributed by atoms with Gasteiger partial charge < -0.3 is 14.8 Å². The van der Waals surface area contributed by atoms with Crippen LogP contribution in [0.1, 0.15) is 24.3 Å². The molecule has 2 aromatic heterocycles. The Bertz CT molecular complexity index is 465. The number of hydrogen-bond acceptors (Lipinski definition) is 5. The Labute approximate surface area is 99.5 Å². The fourth-order valence-electron chi connectivity index (χ4n) is 1.41. The lowest BCUT2D eigenvalue weighted by Gasteiger charge is -2.01. The van der Waals surface area contributed by atoms with Crippen LogP contribution in [0.5, 0.6) is 5.75 Å². The maximum atomic E-state index is 9.08. The highest BCUT2D eigenvalue weighted by Crippen LogP contribution is 2.06. The number of aromatic hydroxyl groups is 1. The Morgan fingerprint density at radius 1 is 1.24 bits per heavy atom. The fraction of sp³-hybridized carbons (Fsp3) is 0.333. The number of aryl methyl sites for hydroxylation is 1. The van der Waals surface area contributed by atoms with Gasteiger partial charge >= 0.3 is 0 Å². The van der Waals surface area contributed by atoms with E-state index in [2.05, 4.69) is 15.3 Å². The third-order valence-corrected chi connectivity index (χ3v) is 2.34. The van der Waals surface area contributed by atoms with Gasteiger partial charge in [0.15, 0.2) is 0 Å². The summed E-state index contributed by atoms with van der Waals surface area (Å²) in [6.45, 7) is 3.21. The SMILES string of the molecule is CCc1cnc(CNCc2ccc(O)cn2)o1. The number of nitrogens with one attached hydrogen (secondary N) is 1. The minimum absolute atomic E-state index is 0.175. The third kappa shape index (κ3) is 3.29. The van der Waals surface area contributed by atoms with E-state index in [0.717, 1.165) is 17.9 Å². The van der Waals surface area contributed by atoms with Gasteiger partial charge in [-0.25, -0.2) is 4.98 Å². The Morgan fingerprint density at radius 2 is 2.12 bits per heavy atom. The van der Waals surface area contributed by atoms with E-state index in [1.165, 1.54) is 6.20 Å². The van der Waals surface area contributed by atoms with E-state index in [1.807, 2.05) is 6.92 Å². The van der Waals surface area contributed by atoms with Gasteiger partial charge in [-0.3, -0.25) is 4.98 Å². The van der Waals surface area contributed by atoms with Crippen LogP contribution in [0.25, 0.3) is 0 Å². The predicted molar refractivity (Wildman–Crippen MR) is 62.3 cm³/mol. The van der Waals surface area contributed by atoms with Crippen LogP contribution in [-0.4, -0.2) is 15.1 Å². The lowest BCUT2D eigenvalue weighted by atomic mass is 10.3. The third-order valence-electron chi connectivity index (χ3n) is 2.34. The van der Waals surface area contributed by atoms with Gasteiger partial charge in [0.1, 0.15) is 11.5 Å². The van der Waals surface area contributed by atoms with Gasteiger partial charge in [0.2, 0.25) is 5.89 Å². The fourth-order valence-corrected chi connectivity index (χ4v) is 1.41. The van der Waals surface area contributed by atoms with E-state index in [4.69, 9.17) is 9.52 Å². The Hall–Kier alpha value is -1.88. The van der Waals surface area contributed by atoms with E-state index < -0.39 is 0 Å². The standard InChI is InChI=1S/C12H15N3O2/c1-2-11-7-15-12(17-11)8-13-5-9-3-4-10(16)6-14-9/h3-4,6-7,13,16H,2,5,8H2,1H3. The van der Waals surface area contributed by atoms with E-state index in [1.54, 1.807) is 18.3 Å². The van der Waals surface area contributed by atoms with E-state index in [-0.39, 0.29) is 5.75 Å². The Morgan fingerprint density at radius 3 is 2.76 bits per heavy atom. The van der Waals surface area contributed by atoms with Crippen LogP contribution in [0, 0.1) is 0 Å². The summed E-state index contributed by atoms with van der Waals surface area (Å²) >= 11 is 0. The number of rotatable bonds is 5. The van der Waals surface area contributed by atoms with Crippen molar-refractivity contribution in [3.05, 3.63) is 41.9 Å². The largest absolute Gasteiger partial charge is 0.506 e. The van der Waals surface area contributed by atoms with Crippen molar-refractivity contribution >= 4 is 0 Å². The first kappa shape index (κ1) is 11.6. The smallest absolute Gasteiger partial charge is 0.208 e. The van der Waals surface area contributed by atoms with Crippen LogP contribution < -0.4 is 5.32 Å². The second kappa shape index (κ2) is 5.45. The van der Waals surface area contributed by atoms with Crippen molar-refractivity contribution in [3.8, 4) is 5.75 Å². The monoisotopic (exact) mass is 233 g/mol. The van der Waals surface area contributed by atoms with Crippen molar-refractivity contribution in [3.63, 3.8) is 0 Å². The summed E-state index contributed by atoms with van der Waals surface area (Å²) in [5, 5.41) is 12.3. The molecule has 17 heavy (non-hydrogen) atoms. The Balaban J connectivity index is 1.81. The summed E-state index contributed by atoms with van der Waals surface area (Å²) in [4.78, 5) is 8.21. The van der Waals surface area contributed by atoms with E-state index in [0.29, 0.717) is 19.0 Å². The molecule has 0 saturated heterocycles. The number of hydrogen-bond donors (Lipinski definition) is 2. The molecule has 0 amide bonds. The first-order chi connectivity index (χ1) is 8.28. The zero-order valence-electron chi connectivity index (χ0n) is 9.68. The molecule has 0 aromatic carbocycles. The topological polar surface area (TPSA) is 71.2 Å². The van der Waals surface area contributed by atoms with Crippen LogP contribution in [0.4, 0.5) is 0 Å². The average Bonchev–Trinajstić information content (AvgIpc) is 2.80. The zero-order valence-corrected chi connectivity index (χ0v) is 9.68. The first-order valence-electron chi connectivity index (χ1n) is 5.56. The van der Waals surface area contributed by atoms with Crippen molar-refractivity contribution in [2.24, 2.45) is 0 Å². The molecule has 0 atom stereocenters. The number of pyridine rings is 1. The maximum Gasteiger partial charge on any atom is 0.208 e. The summed E-state index contributed by atoms with van der Waals surface area (Å²) in [5.41, 5.74) is 0.866. The summed E-state index contributed by atoms with van der Waals surface area (Å²) in [7, 11) is 0. The average molecular weight is 233 g/mol. The van der Waals surface area contributed by atoms with E-state index >= 15 is 0 Å². The summed E-state index contributed by atoms with van der Waals surface area (Å²) < 4.78 is 5.46. The molecule has 0 unspecified atom stereocenters. The minimum Gasteiger partial charge on any atom is -0.506 e.